The highest BCUT2D eigenvalue weighted by Crippen LogP contribution is 2.10. The first-order valence-corrected chi connectivity index (χ1v) is 6.82. The molecule has 0 saturated heterocycles. The Labute approximate surface area is 102 Å². The largest absolute Gasteiger partial charge is 0.375 e. The normalized spacial score (nSPS) is 11.2. The van der Waals surface area contributed by atoms with Gasteiger partial charge >= 0.3 is 0 Å². The standard InChI is InChI=1S/C12H22N2OS/c1-4-5-13-6-12-14-11(9-16-12)8-15-7-10(2)3/h9-10,13H,4-8H2,1-3H3. The van der Waals surface area contributed by atoms with Crippen LogP contribution in [-0.2, 0) is 17.9 Å². The lowest BCUT2D eigenvalue weighted by Gasteiger charge is -2.04. The van der Waals surface area contributed by atoms with Crippen molar-refractivity contribution >= 4 is 11.3 Å². The van der Waals surface area contributed by atoms with E-state index in [4.69, 9.17) is 4.74 Å². The molecule has 0 aliphatic carbocycles. The van der Waals surface area contributed by atoms with Gasteiger partial charge in [-0.05, 0) is 18.9 Å². The van der Waals surface area contributed by atoms with E-state index in [0.717, 1.165) is 36.8 Å². The van der Waals surface area contributed by atoms with E-state index in [-0.39, 0.29) is 0 Å². The number of aromatic nitrogens is 1. The van der Waals surface area contributed by atoms with Crippen molar-refractivity contribution in [3.05, 3.63) is 16.1 Å². The number of nitrogens with zero attached hydrogens (tertiary/aromatic N) is 1. The van der Waals surface area contributed by atoms with Crippen molar-refractivity contribution in [3.63, 3.8) is 0 Å². The van der Waals surface area contributed by atoms with Crippen molar-refractivity contribution in [1.29, 1.82) is 0 Å². The van der Waals surface area contributed by atoms with Crippen LogP contribution in [0.1, 0.15) is 37.9 Å². The minimum Gasteiger partial charge on any atom is -0.375 e. The highest BCUT2D eigenvalue weighted by molar-refractivity contribution is 7.09. The van der Waals surface area contributed by atoms with Gasteiger partial charge in [-0.25, -0.2) is 4.98 Å². The minimum atomic E-state index is 0.587. The summed E-state index contributed by atoms with van der Waals surface area (Å²) < 4.78 is 5.54. The van der Waals surface area contributed by atoms with Gasteiger partial charge in [-0.15, -0.1) is 11.3 Å². The lowest BCUT2D eigenvalue weighted by atomic mass is 10.2. The van der Waals surface area contributed by atoms with Gasteiger partial charge in [0.15, 0.2) is 0 Å². The molecule has 0 aromatic carbocycles. The average molecular weight is 242 g/mol. The summed E-state index contributed by atoms with van der Waals surface area (Å²) >= 11 is 1.71. The molecule has 4 heteroatoms. The Morgan fingerprint density at radius 1 is 1.50 bits per heavy atom. The predicted molar refractivity (Wildman–Crippen MR) is 68.6 cm³/mol. The molecule has 0 fully saturated rings. The van der Waals surface area contributed by atoms with Gasteiger partial charge in [0.25, 0.3) is 0 Å². The van der Waals surface area contributed by atoms with E-state index in [2.05, 4.69) is 36.5 Å². The van der Waals surface area contributed by atoms with Crippen molar-refractivity contribution in [2.45, 2.75) is 40.3 Å². The number of thiazole rings is 1. The van der Waals surface area contributed by atoms with Crippen LogP contribution in [0.25, 0.3) is 0 Å². The zero-order chi connectivity index (χ0) is 11.8. The van der Waals surface area contributed by atoms with Gasteiger partial charge in [0, 0.05) is 18.5 Å². The molecule has 1 aromatic rings. The Morgan fingerprint density at radius 3 is 3.00 bits per heavy atom. The van der Waals surface area contributed by atoms with Gasteiger partial charge in [0.1, 0.15) is 5.01 Å². The van der Waals surface area contributed by atoms with Gasteiger partial charge in [0.2, 0.25) is 0 Å². The maximum atomic E-state index is 5.54. The molecule has 0 aliphatic heterocycles. The maximum Gasteiger partial charge on any atom is 0.107 e. The van der Waals surface area contributed by atoms with Gasteiger partial charge in [-0.3, -0.25) is 0 Å². The summed E-state index contributed by atoms with van der Waals surface area (Å²) in [5.41, 5.74) is 1.05. The van der Waals surface area contributed by atoms with Crippen LogP contribution < -0.4 is 5.32 Å². The Kier molecular flexibility index (Phi) is 6.61. The highest BCUT2D eigenvalue weighted by atomic mass is 32.1. The van der Waals surface area contributed by atoms with Crippen molar-refractivity contribution in [2.75, 3.05) is 13.2 Å². The second-order valence-corrected chi connectivity index (χ2v) is 5.26. The summed E-state index contributed by atoms with van der Waals surface area (Å²) in [4.78, 5) is 4.51. The number of hydrogen-bond donors (Lipinski definition) is 1. The average Bonchev–Trinajstić information content (AvgIpc) is 2.66. The zero-order valence-electron chi connectivity index (χ0n) is 10.5. The summed E-state index contributed by atoms with van der Waals surface area (Å²) in [5, 5.41) is 6.58. The molecule has 1 rings (SSSR count). The third kappa shape index (κ3) is 5.58. The van der Waals surface area contributed by atoms with Crippen molar-refractivity contribution in [3.8, 4) is 0 Å². The second-order valence-electron chi connectivity index (χ2n) is 4.32. The monoisotopic (exact) mass is 242 g/mol. The number of rotatable bonds is 8. The van der Waals surface area contributed by atoms with E-state index in [0.29, 0.717) is 12.5 Å². The van der Waals surface area contributed by atoms with Gasteiger partial charge in [-0.2, -0.15) is 0 Å². The SMILES string of the molecule is CCCNCc1nc(COCC(C)C)cs1. The Hall–Kier alpha value is -0.450. The van der Waals surface area contributed by atoms with E-state index in [1.54, 1.807) is 11.3 Å². The molecule has 16 heavy (non-hydrogen) atoms. The summed E-state index contributed by atoms with van der Waals surface area (Å²) in [6.45, 7) is 9.85. The second kappa shape index (κ2) is 7.76. The first kappa shape index (κ1) is 13.6. The molecule has 0 bridgehead atoms. The number of ether oxygens (including phenoxy) is 1. The van der Waals surface area contributed by atoms with Gasteiger partial charge in [-0.1, -0.05) is 20.8 Å². The third-order valence-corrected chi connectivity index (χ3v) is 2.90. The molecule has 0 saturated carbocycles. The van der Waals surface area contributed by atoms with Crippen LogP contribution in [0.2, 0.25) is 0 Å². The Bertz CT molecular complexity index is 286. The predicted octanol–water partition coefficient (Wildman–Crippen LogP) is 2.82. The topological polar surface area (TPSA) is 34.2 Å². The molecule has 0 aliphatic rings. The molecular formula is C12H22N2OS. The quantitative estimate of drug-likeness (QED) is 0.712. The van der Waals surface area contributed by atoms with Crippen LogP contribution in [0.15, 0.2) is 5.38 Å². The Morgan fingerprint density at radius 2 is 2.31 bits per heavy atom. The fourth-order valence-corrected chi connectivity index (χ4v) is 2.02. The summed E-state index contributed by atoms with van der Waals surface area (Å²) in [7, 11) is 0. The van der Waals surface area contributed by atoms with E-state index >= 15 is 0 Å². The van der Waals surface area contributed by atoms with Gasteiger partial charge in [0.05, 0.1) is 12.3 Å². The zero-order valence-corrected chi connectivity index (χ0v) is 11.3. The van der Waals surface area contributed by atoms with Crippen LogP contribution in [-0.4, -0.2) is 18.1 Å². The minimum absolute atomic E-state index is 0.587. The molecule has 0 unspecified atom stereocenters. The molecule has 92 valence electrons. The van der Waals surface area contributed by atoms with E-state index in [9.17, 15) is 0 Å². The number of hydrogen-bond acceptors (Lipinski definition) is 4. The summed E-state index contributed by atoms with van der Waals surface area (Å²) in [6.07, 6.45) is 1.16. The van der Waals surface area contributed by atoms with Gasteiger partial charge < -0.3 is 10.1 Å². The summed E-state index contributed by atoms with van der Waals surface area (Å²) in [6, 6.07) is 0. The first-order valence-electron chi connectivity index (χ1n) is 5.94. The molecule has 1 aromatic heterocycles. The lowest BCUT2D eigenvalue weighted by molar-refractivity contribution is 0.0950. The molecular weight excluding hydrogens is 220 g/mol. The molecule has 0 atom stereocenters. The first-order chi connectivity index (χ1) is 7.72. The van der Waals surface area contributed by atoms with Crippen LogP contribution >= 0.6 is 11.3 Å². The van der Waals surface area contributed by atoms with E-state index < -0.39 is 0 Å². The van der Waals surface area contributed by atoms with Crippen molar-refractivity contribution in [1.82, 2.24) is 10.3 Å². The van der Waals surface area contributed by atoms with Crippen LogP contribution in [0, 0.1) is 5.92 Å². The number of nitrogens with one attached hydrogen (secondary N) is 1. The molecule has 0 spiro atoms. The lowest BCUT2D eigenvalue weighted by Crippen LogP contribution is -2.13. The van der Waals surface area contributed by atoms with Crippen LogP contribution in [0.4, 0.5) is 0 Å². The molecule has 1 N–H and O–H groups in total. The molecule has 0 amide bonds. The fourth-order valence-electron chi connectivity index (χ4n) is 1.27. The Balaban J connectivity index is 2.22. The molecule has 1 heterocycles. The fraction of sp³-hybridized carbons (Fsp3) is 0.750. The van der Waals surface area contributed by atoms with Crippen molar-refractivity contribution in [2.24, 2.45) is 5.92 Å². The van der Waals surface area contributed by atoms with Crippen LogP contribution in [0.3, 0.4) is 0 Å². The maximum absolute atomic E-state index is 5.54. The molecule has 3 nitrogen and oxygen atoms in total. The van der Waals surface area contributed by atoms with E-state index in [1.165, 1.54) is 0 Å². The third-order valence-electron chi connectivity index (χ3n) is 2.00. The smallest absolute Gasteiger partial charge is 0.107 e. The summed E-state index contributed by atoms with van der Waals surface area (Å²) in [5.74, 6) is 0.587. The van der Waals surface area contributed by atoms with E-state index in [1.807, 2.05) is 0 Å². The van der Waals surface area contributed by atoms with Crippen molar-refractivity contribution < 1.29 is 4.74 Å². The molecule has 0 radical (unpaired) electrons. The highest BCUT2D eigenvalue weighted by Gasteiger charge is 2.02. The van der Waals surface area contributed by atoms with Crippen LogP contribution in [0.5, 0.6) is 0 Å².